The van der Waals surface area contributed by atoms with Gasteiger partial charge in [0.25, 0.3) is 0 Å². The molecule has 0 radical (unpaired) electrons. The Balaban J connectivity index is 2.72. The lowest BCUT2D eigenvalue weighted by molar-refractivity contribution is 0.146. The fourth-order valence-corrected chi connectivity index (χ4v) is 1.32. The molecule has 0 saturated heterocycles. The molecular formula is C9H16N2O. The van der Waals surface area contributed by atoms with Gasteiger partial charge in [0.2, 0.25) is 0 Å². The third-order valence-electron chi connectivity index (χ3n) is 2.04. The molecule has 68 valence electrons. The normalized spacial score (nSPS) is 13.2. The van der Waals surface area contributed by atoms with Gasteiger partial charge < -0.3 is 4.74 Å². The second kappa shape index (κ2) is 4.26. The summed E-state index contributed by atoms with van der Waals surface area (Å²) < 4.78 is 7.13. The highest BCUT2D eigenvalue weighted by atomic mass is 16.5. The van der Waals surface area contributed by atoms with Crippen LogP contribution in [-0.2, 0) is 4.74 Å². The number of hydrogen-bond acceptors (Lipinski definition) is 2. The van der Waals surface area contributed by atoms with Crippen LogP contribution in [0, 0.1) is 6.92 Å². The number of rotatable bonds is 4. The van der Waals surface area contributed by atoms with Gasteiger partial charge in [-0.1, -0.05) is 6.92 Å². The Hall–Kier alpha value is -0.830. The zero-order chi connectivity index (χ0) is 8.97. The molecule has 0 amide bonds. The molecule has 0 aliphatic heterocycles. The molecule has 0 aromatic carbocycles. The first-order valence-corrected chi connectivity index (χ1v) is 4.28. The summed E-state index contributed by atoms with van der Waals surface area (Å²) in [4.78, 5) is 0. The van der Waals surface area contributed by atoms with E-state index in [0.717, 1.165) is 13.0 Å². The summed E-state index contributed by atoms with van der Waals surface area (Å²) in [7, 11) is 1.72. The Labute approximate surface area is 73.3 Å². The predicted octanol–water partition coefficient (Wildman–Crippen LogP) is 1.79. The van der Waals surface area contributed by atoms with E-state index in [2.05, 4.69) is 18.9 Å². The topological polar surface area (TPSA) is 27.1 Å². The summed E-state index contributed by atoms with van der Waals surface area (Å²) in [6.45, 7) is 4.94. The van der Waals surface area contributed by atoms with Crippen LogP contribution in [0.2, 0.25) is 0 Å². The van der Waals surface area contributed by atoms with Gasteiger partial charge in [0, 0.05) is 19.0 Å². The second-order valence-electron chi connectivity index (χ2n) is 2.93. The van der Waals surface area contributed by atoms with Gasteiger partial charge in [-0.2, -0.15) is 5.10 Å². The van der Waals surface area contributed by atoms with Crippen LogP contribution in [0.5, 0.6) is 0 Å². The molecule has 1 heterocycles. The summed E-state index contributed by atoms with van der Waals surface area (Å²) in [5.74, 6) is 0. The Bertz CT molecular complexity index is 232. The Morgan fingerprint density at radius 3 is 2.83 bits per heavy atom. The maximum absolute atomic E-state index is 5.11. The van der Waals surface area contributed by atoms with Crippen molar-refractivity contribution in [3.05, 3.63) is 18.0 Å². The Morgan fingerprint density at radius 2 is 2.42 bits per heavy atom. The molecule has 0 N–H and O–H groups in total. The van der Waals surface area contributed by atoms with E-state index in [1.54, 1.807) is 7.11 Å². The van der Waals surface area contributed by atoms with Crippen molar-refractivity contribution in [1.82, 2.24) is 9.78 Å². The van der Waals surface area contributed by atoms with Crippen LogP contribution in [0.4, 0.5) is 0 Å². The number of methoxy groups -OCH3 is 1. The number of aryl methyl sites for hydroxylation is 1. The predicted molar refractivity (Wildman–Crippen MR) is 48.2 cm³/mol. The molecule has 1 atom stereocenters. The third-order valence-corrected chi connectivity index (χ3v) is 2.04. The van der Waals surface area contributed by atoms with Gasteiger partial charge in [0.1, 0.15) is 0 Å². The Kier molecular flexibility index (Phi) is 3.29. The highest BCUT2D eigenvalue weighted by Crippen LogP contribution is 2.12. The second-order valence-corrected chi connectivity index (χ2v) is 2.93. The van der Waals surface area contributed by atoms with E-state index in [4.69, 9.17) is 4.74 Å². The smallest absolute Gasteiger partial charge is 0.0752 e. The van der Waals surface area contributed by atoms with Crippen molar-refractivity contribution >= 4 is 0 Å². The van der Waals surface area contributed by atoms with Crippen LogP contribution in [0.25, 0.3) is 0 Å². The van der Waals surface area contributed by atoms with Crippen LogP contribution in [0.1, 0.15) is 25.1 Å². The summed E-state index contributed by atoms with van der Waals surface area (Å²) in [6, 6.07) is 2.39. The summed E-state index contributed by atoms with van der Waals surface area (Å²) in [5.41, 5.74) is 1.19. The average molecular weight is 168 g/mol. The first-order chi connectivity index (χ1) is 5.79. The van der Waals surface area contributed by atoms with Gasteiger partial charge in [-0.05, 0) is 19.4 Å². The highest BCUT2D eigenvalue weighted by Gasteiger charge is 2.09. The molecule has 1 aromatic rings. The van der Waals surface area contributed by atoms with Gasteiger partial charge in [-0.25, -0.2) is 0 Å². The number of ether oxygens (including phenoxy) is 1. The minimum atomic E-state index is 0.380. The molecule has 0 spiro atoms. The molecule has 1 aromatic heterocycles. The minimum Gasteiger partial charge on any atom is -0.382 e. The van der Waals surface area contributed by atoms with Gasteiger partial charge in [0.05, 0.1) is 12.6 Å². The van der Waals surface area contributed by atoms with Crippen molar-refractivity contribution in [3.63, 3.8) is 0 Å². The van der Waals surface area contributed by atoms with Crippen LogP contribution < -0.4 is 0 Å². The zero-order valence-electron chi connectivity index (χ0n) is 7.95. The molecule has 0 bridgehead atoms. The van der Waals surface area contributed by atoms with Crippen LogP contribution in [-0.4, -0.2) is 23.5 Å². The molecule has 0 fully saturated rings. The SMILES string of the molecule is CCC(COC)n1nccc1C. The van der Waals surface area contributed by atoms with Crippen molar-refractivity contribution in [1.29, 1.82) is 0 Å². The van der Waals surface area contributed by atoms with Crippen LogP contribution in [0.3, 0.4) is 0 Å². The van der Waals surface area contributed by atoms with Crippen molar-refractivity contribution in [2.45, 2.75) is 26.3 Å². The average Bonchev–Trinajstić information content (AvgIpc) is 2.47. The minimum absolute atomic E-state index is 0.380. The summed E-state index contributed by atoms with van der Waals surface area (Å²) in [6.07, 6.45) is 2.88. The molecule has 3 heteroatoms. The third kappa shape index (κ3) is 1.85. The molecular weight excluding hydrogens is 152 g/mol. The van der Waals surface area contributed by atoms with E-state index in [-0.39, 0.29) is 0 Å². The first kappa shape index (κ1) is 9.26. The molecule has 0 aliphatic rings. The largest absolute Gasteiger partial charge is 0.382 e. The van der Waals surface area contributed by atoms with Gasteiger partial charge in [0.15, 0.2) is 0 Å². The number of nitrogens with zero attached hydrogens (tertiary/aromatic N) is 2. The van der Waals surface area contributed by atoms with E-state index in [0.29, 0.717) is 6.04 Å². The first-order valence-electron chi connectivity index (χ1n) is 4.28. The molecule has 1 unspecified atom stereocenters. The molecule has 3 nitrogen and oxygen atoms in total. The van der Waals surface area contributed by atoms with Crippen molar-refractivity contribution in [2.24, 2.45) is 0 Å². The van der Waals surface area contributed by atoms with Crippen LogP contribution in [0.15, 0.2) is 12.3 Å². The fourth-order valence-electron chi connectivity index (χ4n) is 1.32. The summed E-state index contributed by atoms with van der Waals surface area (Å²) >= 11 is 0. The molecule has 12 heavy (non-hydrogen) atoms. The standard InChI is InChI=1S/C9H16N2O/c1-4-9(7-12-3)11-8(2)5-6-10-11/h5-6,9H,4,7H2,1-3H3. The zero-order valence-corrected chi connectivity index (χ0v) is 7.95. The fraction of sp³-hybridized carbons (Fsp3) is 0.667. The van der Waals surface area contributed by atoms with Crippen molar-refractivity contribution < 1.29 is 4.74 Å². The molecule has 0 aliphatic carbocycles. The van der Waals surface area contributed by atoms with E-state index in [1.165, 1.54) is 5.69 Å². The van der Waals surface area contributed by atoms with Gasteiger partial charge in [-0.15, -0.1) is 0 Å². The highest BCUT2D eigenvalue weighted by molar-refractivity contribution is 4.98. The van der Waals surface area contributed by atoms with Crippen LogP contribution >= 0.6 is 0 Å². The maximum atomic E-state index is 5.11. The van der Waals surface area contributed by atoms with E-state index in [1.807, 2.05) is 16.9 Å². The van der Waals surface area contributed by atoms with E-state index >= 15 is 0 Å². The lowest BCUT2D eigenvalue weighted by atomic mass is 10.2. The quantitative estimate of drug-likeness (QED) is 0.685. The number of aromatic nitrogens is 2. The van der Waals surface area contributed by atoms with Crippen molar-refractivity contribution in [3.8, 4) is 0 Å². The van der Waals surface area contributed by atoms with Gasteiger partial charge >= 0.3 is 0 Å². The summed E-state index contributed by atoms with van der Waals surface area (Å²) in [5, 5.41) is 4.24. The lowest BCUT2D eigenvalue weighted by Crippen LogP contribution is -2.16. The number of hydrogen-bond donors (Lipinski definition) is 0. The van der Waals surface area contributed by atoms with Gasteiger partial charge in [-0.3, -0.25) is 4.68 Å². The Morgan fingerprint density at radius 1 is 1.67 bits per heavy atom. The lowest BCUT2D eigenvalue weighted by Gasteiger charge is -2.15. The molecule has 0 saturated carbocycles. The molecule has 1 rings (SSSR count). The van der Waals surface area contributed by atoms with E-state index in [9.17, 15) is 0 Å². The van der Waals surface area contributed by atoms with Crippen molar-refractivity contribution in [2.75, 3.05) is 13.7 Å². The maximum Gasteiger partial charge on any atom is 0.0752 e. The van der Waals surface area contributed by atoms with E-state index < -0.39 is 0 Å². The monoisotopic (exact) mass is 168 g/mol.